The zero-order chi connectivity index (χ0) is 11.4. The monoisotopic (exact) mass is 209 g/mol. The van der Waals surface area contributed by atoms with E-state index in [1.165, 1.54) is 4.90 Å². The van der Waals surface area contributed by atoms with E-state index in [0.717, 1.165) is 0 Å². The number of rotatable bonds is 5. The molecule has 0 saturated heterocycles. The van der Waals surface area contributed by atoms with Crippen molar-refractivity contribution in [2.45, 2.75) is 39.2 Å². The molecule has 14 heavy (non-hydrogen) atoms. The zero-order valence-electron chi connectivity index (χ0n) is 8.76. The minimum Gasteiger partial charge on any atom is -0.481 e. The maximum atomic E-state index is 12.2. The molecule has 0 radical (unpaired) electrons. The molecule has 0 unspecified atom stereocenters. The summed E-state index contributed by atoms with van der Waals surface area (Å²) in [5, 5.41) is 8.45. The van der Waals surface area contributed by atoms with Crippen LogP contribution in [0.4, 0.5) is 8.78 Å². The van der Waals surface area contributed by atoms with Gasteiger partial charge in [-0.1, -0.05) is 0 Å². The number of carboxylic acids is 1. The van der Waals surface area contributed by atoms with Crippen molar-refractivity contribution in [3.8, 4) is 0 Å². The molecule has 0 aromatic carbocycles. The highest BCUT2D eigenvalue weighted by atomic mass is 19.3. The Morgan fingerprint density at radius 3 is 2.21 bits per heavy atom. The zero-order valence-corrected chi connectivity index (χ0v) is 8.76. The van der Waals surface area contributed by atoms with Crippen LogP contribution in [-0.2, 0) is 4.79 Å². The van der Waals surface area contributed by atoms with Gasteiger partial charge in [-0.05, 0) is 20.8 Å². The van der Waals surface area contributed by atoms with Gasteiger partial charge in [0, 0.05) is 12.1 Å². The summed E-state index contributed by atoms with van der Waals surface area (Å²) in [6.45, 7) is 5.14. The van der Waals surface area contributed by atoms with Crippen LogP contribution in [0.3, 0.4) is 0 Å². The Balaban J connectivity index is 4.19. The highest BCUT2D eigenvalue weighted by molar-refractivity contribution is 5.66. The normalized spacial score (nSPS) is 12.5. The second kappa shape index (κ2) is 5.24. The van der Waals surface area contributed by atoms with Crippen LogP contribution in [-0.4, -0.2) is 41.0 Å². The van der Waals surface area contributed by atoms with E-state index in [1.54, 1.807) is 20.8 Å². The van der Waals surface area contributed by atoms with E-state index in [4.69, 9.17) is 5.11 Å². The third kappa shape index (κ3) is 5.85. The minimum absolute atomic E-state index is 0.107. The smallest absolute Gasteiger partial charge is 0.304 e. The summed E-state index contributed by atoms with van der Waals surface area (Å²) in [7, 11) is 0. The van der Waals surface area contributed by atoms with Crippen molar-refractivity contribution in [1.82, 2.24) is 4.90 Å². The first-order chi connectivity index (χ1) is 6.23. The van der Waals surface area contributed by atoms with Gasteiger partial charge in [0.2, 0.25) is 0 Å². The molecule has 0 aliphatic rings. The van der Waals surface area contributed by atoms with E-state index in [0.29, 0.717) is 0 Å². The molecule has 3 nitrogen and oxygen atoms in total. The average Bonchev–Trinajstić information content (AvgIpc) is 1.94. The van der Waals surface area contributed by atoms with Crippen LogP contribution in [0.1, 0.15) is 27.2 Å². The number of halogens is 2. The van der Waals surface area contributed by atoms with Crippen molar-refractivity contribution in [2.75, 3.05) is 13.1 Å². The molecule has 0 bridgehead atoms. The van der Waals surface area contributed by atoms with Crippen molar-refractivity contribution in [3.05, 3.63) is 0 Å². The van der Waals surface area contributed by atoms with Crippen molar-refractivity contribution in [1.29, 1.82) is 0 Å². The second-order valence-corrected chi connectivity index (χ2v) is 4.15. The number of alkyl halides is 2. The van der Waals surface area contributed by atoms with Crippen molar-refractivity contribution in [3.63, 3.8) is 0 Å². The average molecular weight is 209 g/mol. The Morgan fingerprint density at radius 1 is 1.43 bits per heavy atom. The maximum Gasteiger partial charge on any atom is 0.304 e. The summed E-state index contributed by atoms with van der Waals surface area (Å²) in [6, 6.07) is 0. The van der Waals surface area contributed by atoms with Crippen LogP contribution in [0.25, 0.3) is 0 Å². The Morgan fingerprint density at radius 2 is 1.93 bits per heavy atom. The largest absolute Gasteiger partial charge is 0.481 e. The van der Waals surface area contributed by atoms with Crippen LogP contribution in [0, 0.1) is 0 Å². The quantitative estimate of drug-likeness (QED) is 0.751. The van der Waals surface area contributed by atoms with Crippen molar-refractivity contribution < 1.29 is 18.7 Å². The molecule has 0 spiro atoms. The first-order valence-electron chi connectivity index (χ1n) is 4.48. The van der Waals surface area contributed by atoms with E-state index in [-0.39, 0.29) is 19.5 Å². The molecule has 1 N–H and O–H groups in total. The lowest BCUT2D eigenvalue weighted by molar-refractivity contribution is -0.137. The predicted octanol–water partition coefficient (Wildman–Crippen LogP) is 1.83. The number of nitrogens with zero attached hydrogens (tertiary/aromatic N) is 1. The molecule has 0 aliphatic heterocycles. The Kier molecular flexibility index (Phi) is 4.97. The second-order valence-electron chi connectivity index (χ2n) is 4.15. The third-order valence-corrected chi connectivity index (χ3v) is 1.90. The summed E-state index contributed by atoms with van der Waals surface area (Å²) < 4.78 is 24.3. The fraction of sp³-hybridized carbons (Fsp3) is 0.889. The number of aliphatic carboxylic acids is 1. The van der Waals surface area contributed by atoms with Crippen LogP contribution >= 0.6 is 0 Å². The van der Waals surface area contributed by atoms with Gasteiger partial charge in [0.25, 0.3) is 6.43 Å². The molecule has 0 rings (SSSR count). The van der Waals surface area contributed by atoms with E-state index in [2.05, 4.69) is 0 Å². The number of hydrogen-bond acceptors (Lipinski definition) is 2. The summed E-state index contributed by atoms with van der Waals surface area (Å²) >= 11 is 0. The van der Waals surface area contributed by atoms with Crippen LogP contribution in [0.2, 0.25) is 0 Å². The van der Waals surface area contributed by atoms with Gasteiger partial charge < -0.3 is 5.11 Å². The molecule has 5 heteroatoms. The highest BCUT2D eigenvalue weighted by Gasteiger charge is 2.24. The van der Waals surface area contributed by atoms with Gasteiger partial charge in [-0.2, -0.15) is 0 Å². The number of carbonyl (C=O) groups is 1. The van der Waals surface area contributed by atoms with Crippen LogP contribution in [0.15, 0.2) is 0 Å². The van der Waals surface area contributed by atoms with Gasteiger partial charge in [0.15, 0.2) is 0 Å². The topological polar surface area (TPSA) is 40.5 Å². The van der Waals surface area contributed by atoms with Crippen molar-refractivity contribution >= 4 is 5.97 Å². The van der Waals surface area contributed by atoms with Gasteiger partial charge in [0.1, 0.15) is 0 Å². The van der Waals surface area contributed by atoms with E-state index in [1.807, 2.05) is 0 Å². The molecular formula is C9H17F2NO2. The lowest BCUT2D eigenvalue weighted by Crippen LogP contribution is -2.45. The lowest BCUT2D eigenvalue weighted by Gasteiger charge is -2.34. The molecule has 0 heterocycles. The van der Waals surface area contributed by atoms with E-state index >= 15 is 0 Å². The Labute approximate surface area is 82.7 Å². The van der Waals surface area contributed by atoms with E-state index < -0.39 is 17.9 Å². The van der Waals surface area contributed by atoms with E-state index in [9.17, 15) is 13.6 Å². The molecule has 0 saturated carbocycles. The number of carboxylic acid groups (broad SMARTS) is 1. The standard InChI is InChI=1S/C9H17F2NO2/c1-9(2,3)12(6-7(10)11)5-4-8(13)14/h7H,4-6H2,1-3H3,(H,13,14). The fourth-order valence-corrected chi connectivity index (χ4v) is 1.10. The highest BCUT2D eigenvalue weighted by Crippen LogP contribution is 2.15. The third-order valence-electron chi connectivity index (χ3n) is 1.90. The molecule has 0 aliphatic carbocycles. The number of hydrogen-bond donors (Lipinski definition) is 1. The first kappa shape index (κ1) is 13.3. The summed E-state index contributed by atoms with van der Waals surface area (Å²) in [6.07, 6.45) is -2.53. The molecule has 0 aromatic heterocycles. The molecular weight excluding hydrogens is 192 g/mol. The SMILES string of the molecule is CC(C)(C)N(CCC(=O)O)CC(F)F. The maximum absolute atomic E-state index is 12.2. The first-order valence-corrected chi connectivity index (χ1v) is 4.48. The molecule has 0 fully saturated rings. The summed E-state index contributed by atoms with van der Waals surface area (Å²) in [4.78, 5) is 11.8. The Hall–Kier alpha value is -0.710. The van der Waals surface area contributed by atoms with Crippen molar-refractivity contribution in [2.24, 2.45) is 0 Å². The minimum atomic E-state index is -2.43. The molecule has 0 amide bonds. The van der Waals surface area contributed by atoms with Gasteiger partial charge >= 0.3 is 5.97 Å². The van der Waals surface area contributed by atoms with Gasteiger partial charge in [-0.25, -0.2) is 8.78 Å². The lowest BCUT2D eigenvalue weighted by atomic mass is 10.1. The molecule has 0 aromatic rings. The van der Waals surface area contributed by atoms with Gasteiger partial charge in [-0.15, -0.1) is 0 Å². The van der Waals surface area contributed by atoms with Gasteiger partial charge in [0.05, 0.1) is 13.0 Å². The van der Waals surface area contributed by atoms with Crippen LogP contribution < -0.4 is 0 Å². The fourth-order valence-electron chi connectivity index (χ4n) is 1.10. The summed E-state index contributed by atoms with van der Waals surface area (Å²) in [5.41, 5.74) is -0.425. The molecule has 0 atom stereocenters. The molecule has 84 valence electrons. The van der Waals surface area contributed by atoms with Crippen LogP contribution in [0.5, 0.6) is 0 Å². The van der Waals surface area contributed by atoms with Gasteiger partial charge in [-0.3, -0.25) is 9.69 Å². The summed E-state index contributed by atoms with van der Waals surface area (Å²) in [5.74, 6) is -0.964. The predicted molar refractivity (Wildman–Crippen MR) is 49.6 cm³/mol. The Bertz CT molecular complexity index is 190.